The average Bonchev–Trinajstić information content (AvgIpc) is 1.88. The molecule has 0 saturated heterocycles. The van der Waals surface area contributed by atoms with E-state index in [4.69, 9.17) is 11.1 Å². The van der Waals surface area contributed by atoms with E-state index >= 15 is 0 Å². The van der Waals surface area contributed by atoms with Crippen molar-refractivity contribution in [1.29, 1.82) is 5.41 Å². The van der Waals surface area contributed by atoms with Crippen LogP contribution < -0.4 is 11.3 Å². The standard InChI is InChI=1S/C4H5N5O/c5-4(6)9-3(10)1-2-7-8-9/h1-2H,(H3,5,6). The Hall–Kier alpha value is -1.72. The summed E-state index contributed by atoms with van der Waals surface area (Å²) in [4.78, 5) is 10.7. The van der Waals surface area contributed by atoms with E-state index in [1.165, 1.54) is 12.3 Å². The molecule has 3 N–H and O–H groups in total. The van der Waals surface area contributed by atoms with Crippen molar-refractivity contribution >= 4 is 5.96 Å². The summed E-state index contributed by atoms with van der Waals surface area (Å²) in [5, 5.41) is 13.5. The largest absolute Gasteiger partial charge is 0.368 e. The molecule has 1 rings (SSSR count). The van der Waals surface area contributed by atoms with E-state index < -0.39 is 11.5 Å². The molecular weight excluding hydrogens is 134 g/mol. The van der Waals surface area contributed by atoms with Gasteiger partial charge in [0, 0.05) is 6.07 Å². The van der Waals surface area contributed by atoms with Crippen LogP contribution in [0.3, 0.4) is 0 Å². The molecular formula is C4H5N5O. The summed E-state index contributed by atoms with van der Waals surface area (Å²) < 4.78 is 0.694. The number of aromatic nitrogens is 3. The number of nitrogens with one attached hydrogen (secondary N) is 1. The lowest BCUT2D eigenvalue weighted by molar-refractivity contribution is 0.740. The summed E-state index contributed by atoms with van der Waals surface area (Å²) in [6.45, 7) is 0. The second-order valence-corrected chi connectivity index (χ2v) is 1.56. The van der Waals surface area contributed by atoms with Gasteiger partial charge >= 0.3 is 0 Å². The van der Waals surface area contributed by atoms with E-state index in [1.54, 1.807) is 0 Å². The number of nitrogen functional groups attached to an aromatic ring is 1. The maximum atomic E-state index is 10.7. The van der Waals surface area contributed by atoms with E-state index in [2.05, 4.69) is 10.3 Å². The fourth-order valence-corrected chi connectivity index (χ4v) is 0.460. The Morgan fingerprint density at radius 1 is 1.80 bits per heavy atom. The van der Waals surface area contributed by atoms with Crippen LogP contribution in [0, 0.1) is 5.41 Å². The van der Waals surface area contributed by atoms with Crippen LogP contribution >= 0.6 is 0 Å². The monoisotopic (exact) mass is 139 g/mol. The Morgan fingerprint density at radius 2 is 2.50 bits per heavy atom. The van der Waals surface area contributed by atoms with Crippen LogP contribution in [0.1, 0.15) is 0 Å². The molecule has 0 atom stereocenters. The van der Waals surface area contributed by atoms with Crippen molar-refractivity contribution in [1.82, 2.24) is 15.0 Å². The lowest BCUT2D eigenvalue weighted by atomic mass is 10.7. The van der Waals surface area contributed by atoms with Gasteiger partial charge in [-0.3, -0.25) is 10.2 Å². The van der Waals surface area contributed by atoms with Gasteiger partial charge in [0.1, 0.15) is 0 Å². The molecule has 10 heavy (non-hydrogen) atoms. The Morgan fingerprint density at radius 3 is 2.90 bits per heavy atom. The number of nitrogens with two attached hydrogens (primary N) is 1. The molecule has 1 heterocycles. The summed E-state index contributed by atoms with van der Waals surface area (Å²) in [5.74, 6) is -0.432. The number of hydrogen-bond donors (Lipinski definition) is 2. The molecule has 52 valence electrons. The van der Waals surface area contributed by atoms with Crippen molar-refractivity contribution in [3.05, 3.63) is 22.6 Å². The minimum absolute atomic E-state index is 0.432. The first-order valence-corrected chi connectivity index (χ1v) is 2.47. The van der Waals surface area contributed by atoms with Gasteiger partial charge in [0.2, 0.25) is 5.96 Å². The third-order valence-electron chi connectivity index (χ3n) is 0.862. The first-order valence-electron chi connectivity index (χ1n) is 2.47. The quantitative estimate of drug-likeness (QED) is 0.333. The van der Waals surface area contributed by atoms with Crippen LogP contribution in [0.5, 0.6) is 0 Å². The van der Waals surface area contributed by atoms with E-state index in [1.807, 2.05) is 0 Å². The molecule has 0 unspecified atom stereocenters. The minimum Gasteiger partial charge on any atom is -0.368 e. The lowest BCUT2D eigenvalue weighted by Crippen LogP contribution is -2.34. The van der Waals surface area contributed by atoms with Crippen molar-refractivity contribution < 1.29 is 0 Å². The highest BCUT2D eigenvalue weighted by atomic mass is 16.1. The zero-order valence-electron chi connectivity index (χ0n) is 4.98. The zero-order chi connectivity index (χ0) is 7.56. The fraction of sp³-hybridized carbons (Fsp3) is 0. The normalized spacial score (nSPS) is 9.20. The molecule has 0 fully saturated rings. The Labute approximate surface area is 55.8 Å². The first-order chi connectivity index (χ1) is 4.72. The molecule has 6 nitrogen and oxygen atoms in total. The van der Waals surface area contributed by atoms with Crippen LogP contribution in [-0.2, 0) is 0 Å². The van der Waals surface area contributed by atoms with Gasteiger partial charge in [-0.1, -0.05) is 5.21 Å². The summed E-state index contributed by atoms with van der Waals surface area (Å²) in [6, 6.07) is 1.18. The van der Waals surface area contributed by atoms with Gasteiger partial charge in [0.25, 0.3) is 5.56 Å². The van der Waals surface area contributed by atoms with Gasteiger partial charge in [-0.2, -0.15) is 0 Å². The molecule has 6 heteroatoms. The van der Waals surface area contributed by atoms with Gasteiger partial charge in [0.05, 0.1) is 6.20 Å². The van der Waals surface area contributed by atoms with E-state index in [0.29, 0.717) is 4.68 Å². The molecule has 0 aliphatic rings. The average molecular weight is 139 g/mol. The highest BCUT2D eigenvalue weighted by molar-refractivity contribution is 5.75. The molecule has 0 amide bonds. The van der Waals surface area contributed by atoms with Gasteiger partial charge in [-0.15, -0.1) is 9.78 Å². The lowest BCUT2D eigenvalue weighted by Gasteiger charge is -1.94. The van der Waals surface area contributed by atoms with Crippen molar-refractivity contribution in [2.75, 3.05) is 0 Å². The Kier molecular flexibility index (Phi) is 1.44. The molecule has 0 spiro atoms. The molecule has 1 aromatic heterocycles. The van der Waals surface area contributed by atoms with E-state index in [0.717, 1.165) is 0 Å². The van der Waals surface area contributed by atoms with Gasteiger partial charge in [-0.05, 0) is 0 Å². The van der Waals surface area contributed by atoms with Crippen LogP contribution in [0.25, 0.3) is 0 Å². The summed E-state index contributed by atoms with van der Waals surface area (Å²) in [6.07, 6.45) is 1.24. The zero-order valence-corrected chi connectivity index (χ0v) is 4.98. The van der Waals surface area contributed by atoms with Gasteiger partial charge < -0.3 is 5.73 Å². The molecule has 0 radical (unpaired) electrons. The SMILES string of the molecule is N=C(N)n1nnccc1=O. The number of nitrogens with zero attached hydrogens (tertiary/aromatic N) is 3. The fourth-order valence-electron chi connectivity index (χ4n) is 0.460. The van der Waals surface area contributed by atoms with Crippen molar-refractivity contribution in [3.63, 3.8) is 0 Å². The topological polar surface area (TPSA) is 97.7 Å². The third kappa shape index (κ3) is 0.993. The van der Waals surface area contributed by atoms with Crippen LogP contribution in [0.2, 0.25) is 0 Å². The van der Waals surface area contributed by atoms with Gasteiger partial charge in [-0.25, -0.2) is 0 Å². The highest BCUT2D eigenvalue weighted by Crippen LogP contribution is 1.64. The van der Waals surface area contributed by atoms with Crippen LogP contribution in [-0.4, -0.2) is 21.0 Å². The van der Waals surface area contributed by atoms with Crippen molar-refractivity contribution in [2.24, 2.45) is 5.73 Å². The molecule has 0 bridgehead atoms. The minimum atomic E-state index is -0.456. The molecule has 0 saturated carbocycles. The van der Waals surface area contributed by atoms with E-state index in [9.17, 15) is 4.79 Å². The Balaban J connectivity index is 3.29. The smallest absolute Gasteiger partial charge is 0.277 e. The third-order valence-corrected chi connectivity index (χ3v) is 0.862. The highest BCUT2D eigenvalue weighted by Gasteiger charge is 1.95. The molecule has 0 aliphatic heterocycles. The predicted octanol–water partition coefficient (Wildman–Crippen LogP) is -1.62. The number of hydrogen-bond acceptors (Lipinski definition) is 4. The summed E-state index contributed by atoms with van der Waals surface area (Å²) >= 11 is 0. The second kappa shape index (κ2) is 2.26. The maximum Gasteiger partial charge on any atom is 0.277 e. The summed E-state index contributed by atoms with van der Waals surface area (Å²) in [5.41, 5.74) is 4.50. The van der Waals surface area contributed by atoms with Crippen molar-refractivity contribution in [2.45, 2.75) is 0 Å². The van der Waals surface area contributed by atoms with Gasteiger partial charge in [0.15, 0.2) is 0 Å². The molecule has 0 aromatic carbocycles. The molecule has 0 aliphatic carbocycles. The molecule has 1 aromatic rings. The first kappa shape index (κ1) is 6.40. The van der Waals surface area contributed by atoms with E-state index in [-0.39, 0.29) is 0 Å². The van der Waals surface area contributed by atoms with Crippen molar-refractivity contribution in [3.8, 4) is 0 Å². The Bertz CT molecular complexity index is 303. The van der Waals surface area contributed by atoms with Crippen LogP contribution in [0.15, 0.2) is 17.1 Å². The maximum absolute atomic E-state index is 10.7. The predicted molar refractivity (Wildman–Crippen MR) is 33.6 cm³/mol. The second-order valence-electron chi connectivity index (χ2n) is 1.56. The van der Waals surface area contributed by atoms with Crippen LogP contribution in [0.4, 0.5) is 0 Å². The number of rotatable bonds is 0. The summed E-state index contributed by atoms with van der Waals surface area (Å²) in [7, 11) is 0.